The smallest absolute Gasteiger partial charge is 0.321 e. The topological polar surface area (TPSA) is 81.8 Å². The average molecular weight is 505 g/mol. The van der Waals surface area contributed by atoms with Crippen LogP contribution in [0.4, 0.5) is 10.5 Å². The van der Waals surface area contributed by atoms with Gasteiger partial charge in [-0.1, -0.05) is 56.4 Å². The summed E-state index contributed by atoms with van der Waals surface area (Å²) < 4.78 is 27.3. The minimum atomic E-state index is -3.47. The predicted octanol–water partition coefficient (Wildman–Crippen LogP) is 4.74. The van der Waals surface area contributed by atoms with Crippen molar-refractivity contribution in [1.29, 1.82) is 0 Å². The Morgan fingerprint density at radius 2 is 1.79 bits per heavy atom. The van der Waals surface area contributed by atoms with E-state index in [1.54, 1.807) is 22.4 Å². The molecule has 2 N–H and O–H groups in total. The molecular formula is C25H36N4O3S2. The number of anilines is 1. The van der Waals surface area contributed by atoms with Crippen molar-refractivity contribution >= 4 is 33.1 Å². The molecule has 1 aromatic heterocycles. The molecule has 2 fully saturated rings. The number of sulfonamides is 1. The van der Waals surface area contributed by atoms with Crippen LogP contribution in [-0.2, 0) is 16.6 Å². The van der Waals surface area contributed by atoms with E-state index in [9.17, 15) is 13.2 Å². The summed E-state index contributed by atoms with van der Waals surface area (Å²) in [6.45, 7) is 4.30. The van der Waals surface area contributed by atoms with E-state index in [2.05, 4.69) is 17.6 Å². The van der Waals surface area contributed by atoms with E-state index < -0.39 is 10.0 Å². The number of nitrogens with one attached hydrogen (secondary N) is 2. The Hall–Kier alpha value is -1.94. The molecule has 1 saturated carbocycles. The first-order chi connectivity index (χ1) is 16.4. The molecule has 2 aromatic rings. The van der Waals surface area contributed by atoms with Crippen molar-refractivity contribution in [3.05, 3.63) is 47.3 Å². The Bertz CT molecular complexity index is 1030. The van der Waals surface area contributed by atoms with Crippen molar-refractivity contribution < 1.29 is 13.2 Å². The zero-order valence-electron chi connectivity index (χ0n) is 19.9. The number of rotatable bonds is 8. The van der Waals surface area contributed by atoms with Crippen LogP contribution < -0.4 is 10.6 Å². The van der Waals surface area contributed by atoms with E-state index in [0.29, 0.717) is 43.0 Å². The molecule has 1 atom stereocenters. The number of carbonyl (C=O) groups is 1. The van der Waals surface area contributed by atoms with Gasteiger partial charge in [-0.25, -0.2) is 13.2 Å². The van der Waals surface area contributed by atoms with Crippen LogP contribution in [0.2, 0.25) is 0 Å². The van der Waals surface area contributed by atoms with E-state index in [1.807, 2.05) is 24.3 Å². The summed E-state index contributed by atoms with van der Waals surface area (Å²) in [5, 5.41) is 8.45. The van der Waals surface area contributed by atoms with E-state index in [-0.39, 0.29) is 6.03 Å². The van der Waals surface area contributed by atoms with Crippen molar-refractivity contribution in [1.82, 2.24) is 14.5 Å². The van der Waals surface area contributed by atoms with Crippen LogP contribution in [0.5, 0.6) is 0 Å². The normalized spacial score (nSPS) is 19.1. The molecule has 1 unspecified atom stereocenters. The minimum absolute atomic E-state index is 0.184. The lowest BCUT2D eigenvalue weighted by atomic mass is 9.85. The Labute approximate surface area is 207 Å². The lowest BCUT2D eigenvalue weighted by molar-refractivity contribution is 0.184. The molecule has 0 bridgehead atoms. The zero-order valence-corrected chi connectivity index (χ0v) is 21.5. The third kappa shape index (κ3) is 6.38. The van der Waals surface area contributed by atoms with Gasteiger partial charge in [0.2, 0.25) is 0 Å². The van der Waals surface area contributed by atoms with Crippen molar-refractivity contribution in [2.24, 2.45) is 5.92 Å². The highest BCUT2D eigenvalue weighted by atomic mass is 32.2. The Morgan fingerprint density at radius 3 is 2.50 bits per heavy atom. The number of benzene rings is 1. The Balaban J connectivity index is 1.28. The highest BCUT2D eigenvalue weighted by molar-refractivity contribution is 7.91. The second-order valence-corrected chi connectivity index (χ2v) is 12.5. The maximum absolute atomic E-state index is 12.9. The largest absolute Gasteiger partial charge is 0.322 e. The van der Waals surface area contributed by atoms with Crippen molar-refractivity contribution in [3.8, 4) is 0 Å². The summed E-state index contributed by atoms with van der Waals surface area (Å²) in [5.41, 5.74) is 1.86. The van der Waals surface area contributed by atoms with E-state index in [1.165, 1.54) is 54.2 Å². The molecular weight excluding hydrogens is 468 g/mol. The van der Waals surface area contributed by atoms with Gasteiger partial charge in [-0.05, 0) is 42.3 Å². The quantitative estimate of drug-likeness (QED) is 0.544. The lowest BCUT2D eigenvalue weighted by Crippen LogP contribution is -2.51. The first kappa shape index (κ1) is 25.2. The van der Waals surface area contributed by atoms with Crippen LogP contribution in [0.1, 0.15) is 51.0 Å². The van der Waals surface area contributed by atoms with Crippen LogP contribution in [0.15, 0.2) is 46.0 Å². The SMILES string of the molecule is CC(CC1CCCCC1)NCc1ccccc1NC(=O)N1CCN(S(=O)(=O)c2cccs2)CC1. The number of nitrogens with zero attached hydrogens (tertiary/aromatic N) is 2. The van der Waals surface area contributed by atoms with E-state index in [0.717, 1.165) is 17.2 Å². The van der Waals surface area contributed by atoms with Gasteiger partial charge in [-0.3, -0.25) is 0 Å². The molecule has 2 amide bonds. The van der Waals surface area contributed by atoms with Gasteiger partial charge in [-0.15, -0.1) is 11.3 Å². The lowest BCUT2D eigenvalue weighted by Gasteiger charge is -2.33. The van der Waals surface area contributed by atoms with E-state index >= 15 is 0 Å². The van der Waals surface area contributed by atoms with Gasteiger partial charge in [0.25, 0.3) is 10.0 Å². The highest BCUT2D eigenvalue weighted by Gasteiger charge is 2.30. The van der Waals surface area contributed by atoms with Crippen molar-refractivity contribution in [2.75, 3.05) is 31.5 Å². The number of thiophene rings is 1. The maximum atomic E-state index is 12.9. The van der Waals surface area contributed by atoms with Gasteiger partial charge in [0, 0.05) is 44.5 Å². The molecule has 34 heavy (non-hydrogen) atoms. The molecule has 1 saturated heterocycles. The first-order valence-corrected chi connectivity index (χ1v) is 14.7. The third-order valence-corrected chi connectivity index (χ3v) is 10.2. The van der Waals surface area contributed by atoms with Crippen LogP contribution in [-0.4, -0.2) is 55.9 Å². The van der Waals surface area contributed by atoms with Crippen molar-refractivity contribution in [3.63, 3.8) is 0 Å². The summed E-state index contributed by atoms with van der Waals surface area (Å²) in [5.74, 6) is 0.827. The van der Waals surface area contributed by atoms with Gasteiger partial charge >= 0.3 is 6.03 Å². The van der Waals surface area contributed by atoms with E-state index in [4.69, 9.17) is 0 Å². The fourth-order valence-corrected chi connectivity index (χ4v) is 7.52. The van der Waals surface area contributed by atoms with Crippen LogP contribution >= 0.6 is 11.3 Å². The molecule has 2 heterocycles. The molecule has 1 aliphatic heterocycles. The third-order valence-electron chi connectivity index (χ3n) is 6.93. The number of amides is 2. The first-order valence-electron chi connectivity index (χ1n) is 12.3. The molecule has 1 aliphatic carbocycles. The summed E-state index contributed by atoms with van der Waals surface area (Å²) in [6.07, 6.45) is 8.00. The van der Waals surface area contributed by atoms with Gasteiger partial charge in [0.1, 0.15) is 4.21 Å². The Kier molecular flexibility index (Phi) is 8.63. The predicted molar refractivity (Wildman–Crippen MR) is 138 cm³/mol. The maximum Gasteiger partial charge on any atom is 0.321 e. The van der Waals surface area contributed by atoms with Gasteiger partial charge in [0.15, 0.2) is 0 Å². The Morgan fingerprint density at radius 1 is 1.06 bits per heavy atom. The average Bonchev–Trinajstić information content (AvgIpc) is 3.40. The molecule has 2 aliphatic rings. The van der Waals surface area contributed by atoms with Crippen LogP contribution in [0, 0.1) is 5.92 Å². The second-order valence-electron chi connectivity index (χ2n) is 9.43. The number of hydrogen-bond acceptors (Lipinski definition) is 5. The number of hydrogen-bond donors (Lipinski definition) is 2. The number of carbonyl (C=O) groups excluding carboxylic acids is 1. The van der Waals surface area contributed by atoms with Crippen LogP contribution in [0.3, 0.4) is 0 Å². The summed E-state index contributed by atoms with van der Waals surface area (Å²) >= 11 is 1.22. The van der Waals surface area contributed by atoms with Crippen molar-refractivity contribution in [2.45, 2.75) is 62.2 Å². The monoisotopic (exact) mass is 504 g/mol. The van der Waals surface area contributed by atoms with Gasteiger partial charge in [-0.2, -0.15) is 4.31 Å². The summed E-state index contributed by atoms with van der Waals surface area (Å²) in [7, 11) is -3.47. The summed E-state index contributed by atoms with van der Waals surface area (Å²) in [4.78, 5) is 14.6. The number of para-hydroxylation sites is 1. The minimum Gasteiger partial charge on any atom is -0.322 e. The van der Waals surface area contributed by atoms with Gasteiger partial charge < -0.3 is 15.5 Å². The standard InChI is InChI=1S/C25H36N4O3S2/c1-20(18-21-8-3-2-4-9-21)26-19-22-10-5-6-11-23(22)27-25(30)28-13-15-29(16-14-28)34(31,32)24-12-7-17-33-24/h5-7,10-12,17,20-21,26H,2-4,8-9,13-16,18-19H2,1H3,(H,27,30). The van der Waals surface area contributed by atoms with Gasteiger partial charge in [0.05, 0.1) is 0 Å². The fourth-order valence-electron chi connectivity index (χ4n) is 4.95. The molecule has 9 heteroatoms. The number of urea groups is 1. The second kappa shape index (κ2) is 11.7. The number of piperazine rings is 1. The highest BCUT2D eigenvalue weighted by Crippen LogP contribution is 2.27. The molecule has 4 rings (SSSR count). The molecule has 1 aromatic carbocycles. The molecule has 0 spiro atoms. The zero-order chi connectivity index (χ0) is 24.0. The molecule has 0 radical (unpaired) electrons. The fraction of sp³-hybridized carbons (Fsp3) is 0.560. The molecule has 186 valence electrons. The molecule has 7 nitrogen and oxygen atoms in total. The van der Waals surface area contributed by atoms with Crippen LogP contribution in [0.25, 0.3) is 0 Å². The summed E-state index contributed by atoms with van der Waals surface area (Å²) in [6, 6.07) is 11.5.